The second kappa shape index (κ2) is 9.57. The van der Waals surface area contributed by atoms with Crippen LogP contribution in [0.2, 0.25) is 0 Å². The fraction of sp³-hybridized carbons (Fsp3) is 0.611. The standard InChI is InChI=1S/C18H30BrN3O2S/c1-6-20-17(22-14(2)11-12-25(5,23)24)21-13-18(3,4)15-7-9-16(19)10-8-15/h7-10,14H,6,11-13H2,1-5H3,(H2,20,21,22). The average molecular weight is 432 g/mol. The fourth-order valence-electron chi connectivity index (χ4n) is 2.29. The third-order valence-electron chi connectivity index (χ3n) is 3.91. The number of guanidine groups is 1. The second-order valence-corrected chi connectivity index (χ2v) is 10.2. The van der Waals surface area contributed by atoms with Gasteiger partial charge in [-0.25, -0.2) is 8.42 Å². The normalized spacial score (nSPS) is 14.2. The van der Waals surface area contributed by atoms with Gasteiger partial charge in [0.1, 0.15) is 9.84 Å². The Morgan fingerprint density at radius 2 is 1.88 bits per heavy atom. The lowest BCUT2D eigenvalue weighted by atomic mass is 9.85. The summed E-state index contributed by atoms with van der Waals surface area (Å²) in [5.74, 6) is 0.888. The fourth-order valence-corrected chi connectivity index (χ4v) is 3.33. The van der Waals surface area contributed by atoms with Gasteiger partial charge in [-0.3, -0.25) is 4.99 Å². The van der Waals surface area contributed by atoms with Gasteiger partial charge in [0.25, 0.3) is 0 Å². The molecule has 7 heteroatoms. The number of sulfone groups is 1. The number of rotatable bonds is 8. The van der Waals surface area contributed by atoms with E-state index in [4.69, 9.17) is 4.99 Å². The number of nitrogens with one attached hydrogen (secondary N) is 2. The van der Waals surface area contributed by atoms with Gasteiger partial charge in [0.2, 0.25) is 0 Å². The predicted molar refractivity (Wildman–Crippen MR) is 110 cm³/mol. The van der Waals surface area contributed by atoms with E-state index >= 15 is 0 Å². The van der Waals surface area contributed by atoms with E-state index in [0.717, 1.165) is 11.0 Å². The van der Waals surface area contributed by atoms with E-state index in [1.54, 1.807) is 0 Å². The Morgan fingerprint density at radius 3 is 2.40 bits per heavy atom. The number of aliphatic imine (C=N–C) groups is 1. The molecule has 0 aliphatic heterocycles. The van der Waals surface area contributed by atoms with Crippen molar-refractivity contribution in [2.24, 2.45) is 4.99 Å². The zero-order chi connectivity index (χ0) is 19.1. The van der Waals surface area contributed by atoms with Crippen LogP contribution in [0, 0.1) is 0 Å². The van der Waals surface area contributed by atoms with E-state index in [2.05, 4.69) is 52.5 Å². The van der Waals surface area contributed by atoms with Gasteiger partial charge in [-0.2, -0.15) is 0 Å². The topological polar surface area (TPSA) is 70.6 Å². The van der Waals surface area contributed by atoms with Crippen molar-refractivity contribution in [1.29, 1.82) is 0 Å². The molecule has 5 nitrogen and oxygen atoms in total. The van der Waals surface area contributed by atoms with Crippen molar-refractivity contribution in [3.8, 4) is 0 Å². The summed E-state index contributed by atoms with van der Waals surface area (Å²) >= 11 is 3.46. The van der Waals surface area contributed by atoms with Gasteiger partial charge in [0.05, 0.1) is 12.3 Å². The van der Waals surface area contributed by atoms with E-state index in [-0.39, 0.29) is 17.2 Å². The average Bonchev–Trinajstić information content (AvgIpc) is 2.51. The Morgan fingerprint density at radius 1 is 1.28 bits per heavy atom. The Kier molecular flexibility index (Phi) is 8.41. The summed E-state index contributed by atoms with van der Waals surface area (Å²) in [5.41, 5.74) is 1.12. The first kappa shape index (κ1) is 22.0. The molecule has 142 valence electrons. The van der Waals surface area contributed by atoms with E-state index in [1.165, 1.54) is 11.8 Å². The Balaban J connectivity index is 2.75. The summed E-state index contributed by atoms with van der Waals surface area (Å²) in [6.45, 7) is 9.69. The first-order chi connectivity index (χ1) is 11.5. The van der Waals surface area contributed by atoms with Crippen LogP contribution in [0.25, 0.3) is 0 Å². The molecule has 0 aliphatic rings. The van der Waals surface area contributed by atoms with Crippen LogP contribution < -0.4 is 10.6 Å². The van der Waals surface area contributed by atoms with Crippen LogP contribution in [0.3, 0.4) is 0 Å². The molecule has 1 aromatic rings. The zero-order valence-electron chi connectivity index (χ0n) is 15.8. The molecule has 0 radical (unpaired) electrons. The molecule has 0 bridgehead atoms. The van der Waals surface area contributed by atoms with Gasteiger partial charge >= 0.3 is 0 Å². The Labute approximate surface area is 160 Å². The van der Waals surface area contributed by atoms with E-state index in [9.17, 15) is 8.42 Å². The lowest BCUT2D eigenvalue weighted by Gasteiger charge is -2.25. The van der Waals surface area contributed by atoms with Crippen LogP contribution in [0.1, 0.15) is 39.7 Å². The van der Waals surface area contributed by atoms with Crippen molar-refractivity contribution in [3.05, 3.63) is 34.3 Å². The largest absolute Gasteiger partial charge is 0.357 e. The zero-order valence-corrected chi connectivity index (χ0v) is 18.2. The van der Waals surface area contributed by atoms with Crippen LogP contribution in [0.4, 0.5) is 0 Å². The third-order valence-corrected chi connectivity index (χ3v) is 5.41. The third kappa shape index (κ3) is 8.72. The number of halogens is 1. The maximum absolute atomic E-state index is 11.3. The second-order valence-electron chi connectivity index (χ2n) is 7.05. The highest BCUT2D eigenvalue weighted by atomic mass is 79.9. The van der Waals surface area contributed by atoms with Crippen LogP contribution in [0.5, 0.6) is 0 Å². The number of hydrogen-bond donors (Lipinski definition) is 2. The molecule has 0 aliphatic carbocycles. The van der Waals surface area contributed by atoms with E-state index < -0.39 is 9.84 Å². The highest BCUT2D eigenvalue weighted by Crippen LogP contribution is 2.25. The molecule has 0 aromatic heterocycles. The molecule has 1 unspecified atom stereocenters. The monoisotopic (exact) mass is 431 g/mol. The molecule has 1 atom stereocenters. The predicted octanol–water partition coefficient (Wildman–Crippen LogP) is 3.11. The smallest absolute Gasteiger partial charge is 0.191 e. The van der Waals surface area contributed by atoms with E-state index in [1.807, 2.05) is 26.0 Å². The van der Waals surface area contributed by atoms with Gasteiger partial charge in [0.15, 0.2) is 5.96 Å². The summed E-state index contributed by atoms with van der Waals surface area (Å²) in [7, 11) is -2.95. The molecule has 1 aromatic carbocycles. The van der Waals surface area contributed by atoms with Gasteiger partial charge < -0.3 is 10.6 Å². The van der Waals surface area contributed by atoms with Crippen molar-refractivity contribution in [2.45, 2.75) is 45.6 Å². The lowest BCUT2D eigenvalue weighted by Crippen LogP contribution is -2.43. The quantitative estimate of drug-likeness (QED) is 0.489. The van der Waals surface area contributed by atoms with Crippen molar-refractivity contribution in [3.63, 3.8) is 0 Å². The molecular formula is C18H30BrN3O2S. The molecule has 0 saturated carbocycles. The lowest BCUT2D eigenvalue weighted by molar-refractivity contribution is 0.533. The van der Waals surface area contributed by atoms with Crippen LogP contribution in [-0.2, 0) is 15.3 Å². The summed E-state index contributed by atoms with van der Waals surface area (Å²) in [6, 6.07) is 8.32. The summed E-state index contributed by atoms with van der Waals surface area (Å²) < 4.78 is 23.7. The molecule has 2 N–H and O–H groups in total. The Hall–Kier alpha value is -1.08. The minimum absolute atomic E-state index is 0.0308. The number of nitrogens with zero attached hydrogens (tertiary/aromatic N) is 1. The molecule has 0 spiro atoms. The van der Waals surface area contributed by atoms with Crippen LogP contribution in [-0.4, -0.2) is 45.5 Å². The molecule has 1 rings (SSSR count). The first-order valence-electron chi connectivity index (χ1n) is 8.52. The van der Waals surface area contributed by atoms with Crippen molar-refractivity contribution in [1.82, 2.24) is 10.6 Å². The minimum Gasteiger partial charge on any atom is -0.357 e. The molecule has 25 heavy (non-hydrogen) atoms. The summed E-state index contributed by atoms with van der Waals surface area (Å²) in [4.78, 5) is 4.70. The SMILES string of the molecule is CCNC(=NCC(C)(C)c1ccc(Br)cc1)NC(C)CCS(C)(=O)=O. The number of benzene rings is 1. The van der Waals surface area contributed by atoms with Crippen LogP contribution >= 0.6 is 15.9 Å². The molecular weight excluding hydrogens is 402 g/mol. The van der Waals surface area contributed by atoms with Crippen molar-refractivity contribution < 1.29 is 8.42 Å². The number of hydrogen-bond acceptors (Lipinski definition) is 3. The van der Waals surface area contributed by atoms with Gasteiger partial charge in [-0.05, 0) is 38.0 Å². The molecule has 0 fully saturated rings. The Bertz CT molecular complexity index is 670. The maximum Gasteiger partial charge on any atom is 0.191 e. The first-order valence-corrected chi connectivity index (χ1v) is 11.4. The summed E-state index contributed by atoms with van der Waals surface area (Å²) in [6.07, 6.45) is 1.82. The van der Waals surface area contributed by atoms with Crippen LogP contribution in [0.15, 0.2) is 33.7 Å². The van der Waals surface area contributed by atoms with Gasteiger partial charge in [-0.1, -0.05) is 41.9 Å². The highest BCUT2D eigenvalue weighted by molar-refractivity contribution is 9.10. The maximum atomic E-state index is 11.3. The minimum atomic E-state index is -2.95. The van der Waals surface area contributed by atoms with E-state index in [0.29, 0.717) is 18.9 Å². The molecule has 0 heterocycles. The molecule has 0 amide bonds. The summed E-state index contributed by atoms with van der Waals surface area (Å²) in [5, 5.41) is 6.52. The highest BCUT2D eigenvalue weighted by Gasteiger charge is 2.20. The molecule has 0 saturated heterocycles. The van der Waals surface area contributed by atoms with Gasteiger partial charge in [0, 0.05) is 28.7 Å². The van der Waals surface area contributed by atoms with Crippen molar-refractivity contribution in [2.75, 3.05) is 25.1 Å². The van der Waals surface area contributed by atoms with Crippen molar-refractivity contribution >= 4 is 31.7 Å². The van der Waals surface area contributed by atoms with Gasteiger partial charge in [-0.15, -0.1) is 0 Å².